The zero-order chi connectivity index (χ0) is 21.8. The van der Waals surface area contributed by atoms with E-state index in [9.17, 15) is 5.11 Å². The summed E-state index contributed by atoms with van der Waals surface area (Å²) in [5, 5.41) is 10.2. The number of hydrogen-bond donors (Lipinski definition) is 1. The van der Waals surface area contributed by atoms with Crippen molar-refractivity contribution in [3.63, 3.8) is 0 Å². The number of rotatable bonds is 14. The molecule has 2 atom stereocenters. The Bertz CT molecular complexity index is 717. The van der Waals surface area contributed by atoms with Crippen LogP contribution in [0.15, 0.2) is 48.5 Å². The number of aryl methyl sites for hydroxylation is 2. The monoisotopic (exact) mass is 415 g/mol. The number of ether oxygens (including phenoxy) is 3. The second kappa shape index (κ2) is 13.3. The first-order chi connectivity index (χ1) is 14.5. The molecule has 2 aromatic rings. The highest BCUT2D eigenvalue weighted by atomic mass is 16.6. The van der Waals surface area contributed by atoms with Gasteiger partial charge in [0.1, 0.15) is 24.2 Å². The summed E-state index contributed by atoms with van der Waals surface area (Å²) in [5.74, 6) is 1.75. The molecule has 1 N–H and O–H groups in total. The van der Waals surface area contributed by atoms with Crippen LogP contribution in [0.3, 0.4) is 0 Å². The molecule has 0 aliphatic carbocycles. The third-order valence-corrected chi connectivity index (χ3v) is 4.96. The summed E-state index contributed by atoms with van der Waals surface area (Å²) >= 11 is 0. The number of hydrogen-bond acceptors (Lipinski definition) is 5. The first-order valence-corrected chi connectivity index (χ1v) is 10.8. The van der Waals surface area contributed by atoms with Gasteiger partial charge in [0.15, 0.2) is 6.29 Å². The molecule has 0 fully saturated rings. The van der Waals surface area contributed by atoms with Gasteiger partial charge in [-0.3, -0.25) is 0 Å². The van der Waals surface area contributed by atoms with Gasteiger partial charge >= 0.3 is 0 Å². The summed E-state index contributed by atoms with van der Waals surface area (Å²) in [6.07, 6.45) is 3.52. The molecular weight excluding hydrogens is 378 g/mol. The van der Waals surface area contributed by atoms with Gasteiger partial charge in [0.05, 0.1) is 7.11 Å². The lowest BCUT2D eigenvalue weighted by atomic mass is 10.0. The molecule has 0 spiro atoms. The van der Waals surface area contributed by atoms with Crippen molar-refractivity contribution in [2.45, 2.75) is 51.4 Å². The van der Waals surface area contributed by atoms with E-state index in [1.807, 2.05) is 44.4 Å². The Balaban J connectivity index is 1.95. The van der Waals surface area contributed by atoms with Crippen molar-refractivity contribution in [2.75, 3.05) is 34.4 Å². The Kier molecular flexibility index (Phi) is 10.7. The van der Waals surface area contributed by atoms with E-state index in [1.165, 1.54) is 11.1 Å². The number of unbranched alkanes of at least 4 members (excludes halogenated alkanes) is 1. The molecule has 2 rings (SSSR count). The second-order valence-electron chi connectivity index (χ2n) is 7.88. The Morgan fingerprint density at radius 1 is 1.00 bits per heavy atom. The summed E-state index contributed by atoms with van der Waals surface area (Å²) in [6.45, 7) is 3.20. The molecule has 0 saturated carbocycles. The minimum atomic E-state index is -0.746. The predicted octanol–water partition coefficient (Wildman–Crippen LogP) is 4.31. The van der Waals surface area contributed by atoms with Gasteiger partial charge in [-0.25, -0.2) is 0 Å². The quantitative estimate of drug-likeness (QED) is 0.466. The van der Waals surface area contributed by atoms with E-state index in [2.05, 4.69) is 30.0 Å². The number of para-hydroxylation sites is 1. The van der Waals surface area contributed by atoms with E-state index in [-0.39, 0.29) is 6.10 Å². The summed E-state index contributed by atoms with van der Waals surface area (Å²) in [4.78, 5) is 2.05. The SMILES string of the molecule is CCCCC(O)OC(COc1ccccc1CCc1ccc(OC)cc1)CN(C)C. The molecule has 0 bridgehead atoms. The van der Waals surface area contributed by atoms with Gasteiger partial charge in [-0.1, -0.05) is 43.7 Å². The average Bonchev–Trinajstić information content (AvgIpc) is 2.75. The second-order valence-corrected chi connectivity index (χ2v) is 7.88. The van der Waals surface area contributed by atoms with Gasteiger partial charge in [-0.05, 0) is 69.1 Å². The van der Waals surface area contributed by atoms with Gasteiger partial charge in [0, 0.05) is 6.54 Å². The topological polar surface area (TPSA) is 51.2 Å². The molecular formula is C25H37NO4. The van der Waals surface area contributed by atoms with E-state index in [1.54, 1.807) is 7.11 Å². The molecule has 0 aliphatic rings. The summed E-state index contributed by atoms with van der Waals surface area (Å²) in [7, 11) is 5.67. The predicted molar refractivity (Wildman–Crippen MR) is 121 cm³/mol. The van der Waals surface area contributed by atoms with Crippen LogP contribution in [0.1, 0.15) is 37.3 Å². The number of likely N-dealkylation sites (N-methyl/N-ethyl adjacent to an activating group) is 1. The number of methoxy groups -OCH3 is 1. The van der Waals surface area contributed by atoms with Gasteiger partial charge in [-0.15, -0.1) is 0 Å². The third-order valence-electron chi connectivity index (χ3n) is 4.96. The van der Waals surface area contributed by atoms with Gasteiger partial charge < -0.3 is 24.2 Å². The van der Waals surface area contributed by atoms with Crippen LogP contribution in [-0.4, -0.2) is 56.8 Å². The van der Waals surface area contributed by atoms with Crippen LogP contribution in [0.25, 0.3) is 0 Å². The fourth-order valence-corrected chi connectivity index (χ4v) is 3.32. The third kappa shape index (κ3) is 8.74. The zero-order valence-electron chi connectivity index (χ0n) is 18.8. The first-order valence-electron chi connectivity index (χ1n) is 10.8. The van der Waals surface area contributed by atoms with Crippen LogP contribution in [-0.2, 0) is 17.6 Å². The lowest BCUT2D eigenvalue weighted by molar-refractivity contribution is -0.151. The maximum absolute atomic E-state index is 10.2. The van der Waals surface area contributed by atoms with Crippen molar-refractivity contribution >= 4 is 0 Å². The van der Waals surface area contributed by atoms with Crippen molar-refractivity contribution in [3.8, 4) is 11.5 Å². The largest absolute Gasteiger partial charge is 0.497 e. The number of nitrogens with zero attached hydrogens (tertiary/aromatic N) is 1. The van der Waals surface area contributed by atoms with Crippen LogP contribution in [0, 0.1) is 0 Å². The fourth-order valence-electron chi connectivity index (χ4n) is 3.32. The number of benzene rings is 2. The van der Waals surface area contributed by atoms with Crippen LogP contribution in [0.5, 0.6) is 11.5 Å². The normalized spacial score (nSPS) is 13.3. The molecule has 0 aliphatic heterocycles. The minimum Gasteiger partial charge on any atom is -0.497 e. The van der Waals surface area contributed by atoms with Gasteiger partial charge in [0.2, 0.25) is 0 Å². The minimum absolute atomic E-state index is 0.193. The van der Waals surface area contributed by atoms with Crippen LogP contribution in [0.4, 0.5) is 0 Å². The molecule has 0 aromatic heterocycles. The van der Waals surface area contributed by atoms with Crippen molar-refractivity contribution in [1.29, 1.82) is 0 Å². The van der Waals surface area contributed by atoms with Crippen LogP contribution < -0.4 is 9.47 Å². The van der Waals surface area contributed by atoms with Gasteiger partial charge in [0.25, 0.3) is 0 Å². The molecule has 0 radical (unpaired) electrons. The van der Waals surface area contributed by atoms with E-state index in [0.29, 0.717) is 19.6 Å². The molecule has 5 heteroatoms. The van der Waals surface area contributed by atoms with Crippen molar-refractivity contribution in [1.82, 2.24) is 4.90 Å². The Labute approximate surface area is 181 Å². The molecule has 2 unspecified atom stereocenters. The van der Waals surface area contributed by atoms with Gasteiger partial charge in [-0.2, -0.15) is 0 Å². The standard InChI is InChI=1S/C25H37NO4/c1-5-6-11-25(27)30-23(18-26(2)3)19-29-24-10-8-7-9-21(24)15-12-20-13-16-22(28-4)17-14-20/h7-10,13-14,16-17,23,25,27H,5-6,11-12,15,18-19H2,1-4H3. The summed E-state index contributed by atoms with van der Waals surface area (Å²) in [6, 6.07) is 16.3. The lowest BCUT2D eigenvalue weighted by Crippen LogP contribution is -2.36. The molecule has 0 amide bonds. The molecule has 0 heterocycles. The Morgan fingerprint density at radius 3 is 2.40 bits per heavy atom. The molecule has 5 nitrogen and oxygen atoms in total. The summed E-state index contributed by atoms with van der Waals surface area (Å²) < 4.78 is 17.2. The van der Waals surface area contributed by atoms with E-state index < -0.39 is 6.29 Å². The van der Waals surface area contributed by atoms with Crippen molar-refractivity contribution in [2.24, 2.45) is 0 Å². The first kappa shape index (κ1) is 24.2. The average molecular weight is 416 g/mol. The molecule has 2 aromatic carbocycles. The van der Waals surface area contributed by atoms with Crippen LogP contribution >= 0.6 is 0 Å². The molecule has 0 saturated heterocycles. The lowest BCUT2D eigenvalue weighted by Gasteiger charge is -2.25. The van der Waals surface area contributed by atoms with Crippen molar-refractivity contribution in [3.05, 3.63) is 59.7 Å². The Hall–Kier alpha value is -2.08. The zero-order valence-corrected chi connectivity index (χ0v) is 18.8. The van der Waals surface area contributed by atoms with Crippen LogP contribution in [0.2, 0.25) is 0 Å². The smallest absolute Gasteiger partial charge is 0.155 e. The van der Waals surface area contributed by atoms with E-state index in [0.717, 1.165) is 37.2 Å². The molecule has 166 valence electrons. The number of aliphatic hydroxyl groups excluding tert-OH is 1. The Morgan fingerprint density at radius 2 is 1.73 bits per heavy atom. The van der Waals surface area contributed by atoms with E-state index in [4.69, 9.17) is 14.2 Å². The molecule has 30 heavy (non-hydrogen) atoms. The maximum atomic E-state index is 10.2. The highest BCUT2D eigenvalue weighted by Gasteiger charge is 2.17. The highest BCUT2D eigenvalue weighted by Crippen LogP contribution is 2.22. The number of aliphatic hydroxyl groups is 1. The highest BCUT2D eigenvalue weighted by molar-refractivity contribution is 5.35. The van der Waals surface area contributed by atoms with E-state index >= 15 is 0 Å². The fraction of sp³-hybridized carbons (Fsp3) is 0.520. The summed E-state index contributed by atoms with van der Waals surface area (Å²) in [5.41, 5.74) is 2.43. The maximum Gasteiger partial charge on any atom is 0.155 e. The van der Waals surface area contributed by atoms with Crippen molar-refractivity contribution < 1.29 is 19.3 Å².